The highest BCUT2D eigenvalue weighted by atomic mass is 16.5. The van der Waals surface area contributed by atoms with Gasteiger partial charge in [-0.15, -0.1) is 6.58 Å². The molecule has 21 heavy (non-hydrogen) atoms. The van der Waals surface area contributed by atoms with Gasteiger partial charge in [0.1, 0.15) is 11.5 Å². The number of aldehydes is 1. The van der Waals surface area contributed by atoms with Crippen LogP contribution in [-0.2, 0) is 0 Å². The average Bonchev–Trinajstić information content (AvgIpc) is 2.50. The van der Waals surface area contributed by atoms with Gasteiger partial charge in [0, 0.05) is 0 Å². The van der Waals surface area contributed by atoms with Crippen molar-refractivity contribution >= 4 is 6.29 Å². The van der Waals surface area contributed by atoms with Crippen molar-refractivity contribution < 1.29 is 14.6 Å². The van der Waals surface area contributed by atoms with Gasteiger partial charge in [-0.1, -0.05) is 38.2 Å². The summed E-state index contributed by atoms with van der Waals surface area (Å²) in [6.07, 6.45) is 12.3. The number of allylic oxidation sites excluding steroid dienone is 1. The second-order valence-corrected chi connectivity index (χ2v) is 5.24. The molecule has 1 aromatic rings. The number of unbranched alkanes of at least 4 members (excludes halogenated alkanes) is 7. The molecular weight excluding hydrogens is 264 g/mol. The molecule has 0 aliphatic carbocycles. The number of hydrogen-bond acceptors (Lipinski definition) is 3. The van der Waals surface area contributed by atoms with Crippen LogP contribution in [0.4, 0.5) is 0 Å². The Morgan fingerprint density at radius 1 is 1.05 bits per heavy atom. The number of phenolic OH excluding ortho intramolecular Hbond substituents is 1. The number of carbonyl (C=O) groups is 1. The fraction of sp³-hybridized carbons (Fsp3) is 0.500. The van der Waals surface area contributed by atoms with E-state index >= 15 is 0 Å². The molecule has 0 heterocycles. The van der Waals surface area contributed by atoms with Crippen LogP contribution in [0.25, 0.3) is 0 Å². The molecule has 0 radical (unpaired) electrons. The molecule has 3 heteroatoms. The van der Waals surface area contributed by atoms with Gasteiger partial charge >= 0.3 is 0 Å². The number of hydrogen-bond donors (Lipinski definition) is 1. The van der Waals surface area contributed by atoms with Crippen LogP contribution in [0, 0.1) is 0 Å². The summed E-state index contributed by atoms with van der Waals surface area (Å²) < 4.78 is 5.58. The van der Waals surface area contributed by atoms with Gasteiger partial charge < -0.3 is 9.84 Å². The fourth-order valence-electron chi connectivity index (χ4n) is 2.18. The van der Waals surface area contributed by atoms with Gasteiger partial charge in [-0.25, -0.2) is 0 Å². The van der Waals surface area contributed by atoms with Gasteiger partial charge in [-0.3, -0.25) is 4.79 Å². The SMILES string of the molecule is C=CCCCCCCCCCOc1ccc(O)c(C=O)c1. The molecule has 0 fully saturated rings. The molecule has 0 spiro atoms. The lowest BCUT2D eigenvalue weighted by Gasteiger charge is -2.07. The maximum Gasteiger partial charge on any atom is 0.153 e. The quantitative estimate of drug-likeness (QED) is 0.338. The first-order valence-corrected chi connectivity index (χ1v) is 7.80. The fourth-order valence-corrected chi connectivity index (χ4v) is 2.18. The summed E-state index contributed by atoms with van der Waals surface area (Å²) in [4.78, 5) is 10.7. The molecule has 0 aliphatic heterocycles. The molecule has 0 aliphatic rings. The van der Waals surface area contributed by atoms with Crippen LogP contribution in [0.15, 0.2) is 30.9 Å². The Morgan fingerprint density at radius 3 is 2.38 bits per heavy atom. The van der Waals surface area contributed by atoms with Crippen molar-refractivity contribution in [3.8, 4) is 11.5 Å². The molecule has 1 N–H and O–H groups in total. The zero-order valence-corrected chi connectivity index (χ0v) is 12.7. The first-order valence-electron chi connectivity index (χ1n) is 7.80. The lowest BCUT2D eigenvalue weighted by molar-refractivity contribution is 0.112. The normalized spacial score (nSPS) is 10.3. The van der Waals surface area contributed by atoms with E-state index in [-0.39, 0.29) is 11.3 Å². The molecule has 1 aromatic carbocycles. The Labute approximate surface area is 127 Å². The third-order valence-corrected chi connectivity index (χ3v) is 3.45. The second kappa shape index (κ2) is 11.0. The van der Waals surface area contributed by atoms with E-state index in [1.165, 1.54) is 44.6 Å². The van der Waals surface area contributed by atoms with Gasteiger partial charge in [0.05, 0.1) is 12.2 Å². The Balaban J connectivity index is 2.04. The number of phenols is 1. The van der Waals surface area contributed by atoms with Crippen LogP contribution in [-0.4, -0.2) is 18.0 Å². The molecule has 0 bridgehead atoms. The van der Waals surface area contributed by atoms with Crippen molar-refractivity contribution in [2.75, 3.05) is 6.61 Å². The zero-order valence-electron chi connectivity index (χ0n) is 12.7. The van der Waals surface area contributed by atoms with Crippen molar-refractivity contribution in [1.29, 1.82) is 0 Å². The minimum atomic E-state index is -0.00574. The van der Waals surface area contributed by atoms with Crippen LogP contribution in [0.1, 0.15) is 61.7 Å². The minimum Gasteiger partial charge on any atom is -0.507 e. The maximum absolute atomic E-state index is 10.7. The summed E-state index contributed by atoms with van der Waals surface area (Å²) in [5.41, 5.74) is 0.270. The van der Waals surface area contributed by atoms with E-state index < -0.39 is 0 Å². The summed E-state index contributed by atoms with van der Waals surface area (Å²) in [5, 5.41) is 9.39. The molecule has 3 nitrogen and oxygen atoms in total. The lowest BCUT2D eigenvalue weighted by atomic mass is 10.1. The van der Waals surface area contributed by atoms with Crippen LogP contribution in [0.3, 0.4) is 0 Å². The number of aromatic hydroxyl groups is 1. The Morgan fingerprint density at radius 2 is 1.71 bits per heavy atom. The standard InChI is InChI=1S/C18H26O3/c1-2-3-4-5-6-7-8-9-10-13-21-17-11-12-18(20)16(14-17)15-19/h2,11-12,14-15,20H,1,3-10,13H2. The van der Waals surface area contributed by atoms with Gasteiger partial charge in [-0.2, -0.15) is 0 Å². The monoisotopic (exact) mass is 290 g/mol. The second-order valence-electron chi connectivity index (χ2n) is 5.24. The Kier molecular flexibility index (Phi) is 9.01. The van der Waals surface area contributed by atoms with Crippen molar-refractivity contribution in [1.82, 2.24) is 0 Å². The summed E-state index contributed by atoms with van der Waals surface area (Å²) in [6.45, 7) is 4.37. The lowest BCUT2D eigenvalue weighted by Crippen LogP contribution is -1.98. The summed E-state index contributed by atoms with van der Waals surface area (Å²) in [5.74, 6) is 0.633. The van der Waals surface area contributed by atoms with Gasteiger partial charge in [0.2, 0.25) is 0 Å². The number of benzene rings is 1. The average molecular weight is 290 g/mol. The topological polar surface area (TPSA) is 46.5 Å². The molecule has 0 atom stereocenters. The highest BCUT2D eigenvalue weighted by molar-refractivity contribution is 5.79. The maximum atomic E-state index is 10.7. The number of rotatable bonds is 12. The third kappa shape index (κ3) is 7.54. The van der Waals surface area contributed by atoms with Gasteiger partial charge in [0.25, 0.3) is 0 Å². The van der Waals surface area contributed by atoms with Crippen molar-refractivity contribution in [2.45, 2.75) is 51.4 Å². The molecule has 0 saturated heterocycles. The minimum absolute atomic E-state index is 0.00574. The summed E-state index contributed by atoms with van der Waals surface area (Å²) in [6, 6.07) is 4.74. The van der Waals surface area contributed by atoms with Crippen molar-refractivity contribution in [3.63, 3.8) is 0 Å². The van der Waals surface area contributed by atoms with E-state index in [0.29, 0.717) is 18.6 Å². The summed E-state index contributed by atoms with van der Waals surface area (Å²) >= 11 is 0. The predicted molar refractivity (Wildman–Crippen MR) is 86.1 cm³/mol. The Hall–Kier alpha value is -1.77. The van der Waals surface area contributed by atoms with Gasteiger partial charge in [-0.05, 0) is 37.5 Å². The highest BCUT2D eigenvalue weighted by Crippen LogP contribution is 2.21. The van der Waals surface area contributed by atoms with Crippen LogP contribution < -0.4 is 4.74 Å². The molecule has 116 valence electrons. The zero-order chi connectivity index (χ0) is 15.3. The molecule has 1 rings (SSSR count). The van der Waals surface area contributed by atoms with E-state index in [1.807, 2.05) is 6.08 Å². The highest BCUT2D eigenvalue weighted by Gasteiger charge is 2.02. The van der Waals surface area contributed by atoms with E-state index in [0.717, 1.165) is 12.8 Å². The van der Waals surface area contributed by atoms with E-state index in [4.69, 9.17) is 4.74 Å². The largest absolute Gasteiger partial charge is 0.507 e. The number of carbonyl (C=O) groups excluding carboxylic acids is 1. The van der Waals surface area contributed by atoms with Crippen LogP contribution >= 0.6 is 0 Å². The van der Waals surface area contributed by atoms with E-state index in [9.17, 15) is 9.90 Å². The number of ether oxygens (including phenoxy) is 1. The third-order valence-electron chi connectivity index (χ3n) is 3.45. The van der Waals surface area contributed by atoms with Crippen molar-refractivity contribution in [2.24, 2.45) is 0 Å². The van der Waals surface area contributed by atoms with Gasteiger partial charge in [0.15, 0.2) is 6.29 Å². The first kappa shape index (κ1) is 17.3. The molecular formula is C18H26O3. The molecule has 0 unspecified atom stereocenters. The predicted octanol–water partition coefficient (Wildman–Crippen LogP) is 4.89. The smallest absolute Gasteiger partial charge is 0.153 e. The molecule has 0 amide bonds. The molecule has 0 aromatic heterocycles. The molecule has 0 saturated carbocycles. The first-order chi connectivity index (χ1) is 10.3. The summed E-state index contributed by atoms with van der Waals surface area (Å²) in [7, 11) is 0. The Bertz CT molecular complexity index is 426. The van der Waals surface area contributed by atoms with Crippen LogP contribution in [0.2, 0.25) is 0 Å². The van der Waals surface area contributed by atoms with E-state index in [1.54, 1.807) is 12.1 Å². The van der Waals surface area contributed by atoms with Crippen molar-refractivity contribution in [3.05, 3.63) is 36.4 Å². The van der Waals surface area contributed by atoms with E-state index in [2.05, 4.69) is 6.58 Å². The van der Waals surface area contributed by atoms with Crippen LogP contribution in [0.5, 0.6) is 11.5 Å².